The zero-order valence-electron chi connectivity index (χ0n) is 11.3. The highest BCUT2D eigenvalue weighted by Gasteiger charge is 2.12. The number of carbonyl (C=O) groups is 1. The summed E-state index contributed by atoms with van der Waals surface area (Å²) in [5.74, 6) is -0.101. The number of rotatable bonds is 2. The first-order valence-electron chi connectivity index (χ1n) is 6.40. The van der Waals surface area contributed by atoms with Gasteiger partial charge in [-0.05, 0) is 54.3 Å². The van der Waals surface area contributed by atoms with E-state index in [1.165, 1.54) is 11.3 Å². The highest BCUT2D eigenvalue weighted by atomic mass is 79.9. The fourth-order valence-corrected chi connectivity index (χ4v) is 3.41. The van der Waals surface area contributed by atoms with Crippen molar-refractivity contribution in [3.8, 4) is 0 Å². The molecule has 1 heterocycles. The van der Waals surface area contributed by atoms with Crippen molar-refractivity contribution in [3.63, 3.8) is 0 Å². The zero-order chi connectivity index (χ0) is 15.0. The van der Waals surface area contributed by atoms with Gasteiger partial charge in [-0.2, -0.15) is 0 Å². The van der Waals surface area contributed by atoms with Crippen LogP contribution < -0.4 is 11.1 Å². The lowest BCUT2D eigenvalue weighted by Crippen LogP contribution is -2.11. The molecular weight excluding hydrogens is 348 g/mol. The average Bonchev–Trinajstić information content (AvgIpc) is 2.87. The molecule has 0 spiro atoms. The van der Waals surface area contributed by atoms with Gasteiger partial charge in [0.15, 0.2) is 0 Å². The zero-order valence-corrected chi connectivity index (χ0v) is 13.7. The van der Waals surface area contributed by atoms with Gasteiger partial charge in [0.05, 0.1) is 4.88 Å². The minimum atomic E-state index is -0.101. The van der Waals surface area contributed by atoms with E-state index in [-0.39, 0.29) is 5.91 Å². The lowest BCUT2D eigenvalue weighted by Gasteiger charge is -2.08. The Hall–Kier alpha value is -1.85. The quantitative estimate of drug-likeness (QED) is 0.644. The third kappa shape index (κ3) is 2.80. The van der Waals surface area contributed by atoms with E-state index in [1.807, 2.05) is 49.4 Å². The summed E-state index contributed by atoms with van der Waals surface area (Å²) in [4.78, 5) is 13.1. The van der Waals surface area contributed by atoms with Gasteiger partial charge < -0.3 is 11.1 Å². The van der Waals surface area contributed by atoms with Crippen molar-refractivity contribution in [2.75, 3.05) is 11.1 Å². The van der Waals surface area contributed by atoms with Crippen LogP contribution in [0.15, 0.2) is 46.9 Å². The van der Waals surface area contributed by atoms with Crippen molar-refractivity contribution in [2.24, 2.45) is 0 Å². The Bertz CT molecular complexity index is 841. The van der Waals surface area contributed by atoms with E-state index < -0.39 is 0 Å². The van der Waals surface area contributed by atoms with Crippen LogP contribution in [-0.4, -0.2) is 5.91 Å². The van der Waals surface area contributed by atoms with Crippen molar-refractivity contribution >= 4 is 54.6 Å². The summed E-state index contributed by atoms with van der Waals surface area (Å²) in [6, 6.07) is 13.3. The number of thiophene rings is 1. The molecule has 0 atom stereocenters. The number of hydrogen-bond acceptors (Lipinski definition) is 3. The van der Waals surface area contributed by atoms with Crippen molar-refractivity contribution in [2.45, 2.75) is 6.92 Å². The predicted molar refractivity (Wildman–Crippen MR) is 93.1 cm³/mol. The fraction of sp³-hybridized carbons (Fsp3) is 0.0625. The molecule has 5 heteroatoms. The molecule has 2 aromatic carbocycles. The van der Waals surface area contributed by atoms with E-state index in [0.717, 1.165) is 25.8 Å². The Labute approximate surface area is 134 Å². The van der Waals surface area contributed by atoms with Gasteiger partial charge in [-0.15, -0.1) is 11.3 Å². The number of nitrogen functional groups attached to an aromatic ring is 1. The number of fused-ring (bicyclic) bond motifs is 1. The maximum absolute atomic E-state index is 12.4. The van der Waals surface area contributed by atoms with Crippen molar-refractivity contribution < 1.29 is 4.79 Å². The minimum Gasteiger partial charge on any atom is -0.399 e. The molecule has 1 amide bonds. The van der Waals surface area contributed by atoms with Crippen LogP contribution in [-0.2, 0) is 0 Å². The fourth-order valence-electron chi connectivity index (χ4n) is 2.10. The van der Waals surface area contributed by atoms with E-state index >= 15 is 0 Å². The van der Waals surface area contributed by atoms with Gasteiger partial charge in [-0.3, -0.25) is 4.79 Å². The molecule has 1 aromatic heterocycles. The molecule has 21 heavy (non-hydrogen) atoms. The molecule has 0 bridgehead atoms. The summed E-state index contributed by atoms with van der Waals surface area (Å²) in [6.45, 7) is 1.96. The summed E-state index contributed by atoms with van der Waals surface area (Å²) < 4.78 is 2.03. The number of anilines is 2. The van der Waals surface area contributed by atoms with E-state index in [0.29, 0.717) is 10.6 Å². The topological polar surface area (TPSA) is 55.1 Å². The molecule has 106 valence electrons. The summed E-state index contributed by atoms with van der Waals surface area (Å²) in [5.41, 5.74) is 8.29. The standard InChI is InChI=1S/C16H13BrN2OS/c1-9-12(17)3-2-4-13(9)19-16(20)15-8-10-7-11(18)5-6-14(10)21-15/h2-8H,18H2,1H3,(H,19,20). The maximum Gasteiger partial charge on any atom is 0.265 e. The van der Waals surface area contributed by atoms with Gasteiger partial charge >= 0.3 is 0 Å². The summed E-state index contributed by atoms with van der Waals surface area (Å²) in [7, 11) is 0. The Morgan fingerprint density at radius 3 is 2.86 bits per heavy atom. The number of carbonyl (C=O) groups excluding carboxylic acids is 1. The Kier molecular flexibility index (Phi) is 3.69. The van der Waals surface area contributed by atoms with E-state index in [4.69, 9.17) is 5.73 Å². The normalized spacial score (nSPS) is 10.8. The van der Waals surface area contributed by atoms with Crippen LogP contribution in [0.25, 0.3) is 10.1 Å². The molecule has 0 radical (unpaired) electrons. The smallest absolute Gasteiger partial charge is 0.265 e. The molecule has 0 saturated heterocycles. The van der Waals surface area contributed by atoms with Crippen molar-refractivity contribution in [3.05, 3.63) is 57.4 Å². The molecule has 3 N–H and O–H groups in total. The van der Waals surface area contributed by atoms with Gasteiger partial charge in [0.25, 0.3) is 5.91 Å². The largest absolute Gasteiger partial charge is 0.399 e. The summed E-state index contributed by atoms with van der Waals surface area (Å²) in [6.07, 6.45) is 0. The lowest BCUT2D eigenvalue weighted by molar-refractivity contribution is 0.103. The third-order valence-corrected chi connectivity index (χ3v) is 5.25. The SMILES string of the molecule is Cc1c(Br)cccc1NC(=O)c1cc2cc(N)ccc2s1. The molecule has 0 fully saturated rings. The van der Waals surface area contributed by atoms with E-state index in [9.17, 15) is 4.79 Å². The second kappa shape index (κ2) is 5.50. The number of nitrogens with two attached hydrogens (primary N) is 1. The van der Waals surface area contributed by atoms with Gasteiger partial charge in [-0.25, -0.2) is 0 Å². The molecule has 0 aliphatic rings. The first-order chi connectivity index (χ1) is 10.0. The highest BCUT2D eigenvalue weighted by molar-refractivity contribution is 9.10. The van der Waals surface area contributed by atoms with Crippen LogP contribution in [0.1, 0.15) is 15.2 Å². The van der Waals surface area contributed by atoms with Crippen LogP contribution in [0.2, 0.25) is 0 Å². The summed E-state index contributed by atoms with van der Waals surface area (Å²) in [5, 5.41) is 3.95. The molecule has 3 aromatic rings. The number of amides is 1. The minimum absolute atomic E-state index is 0.101. The van der Waals surface area contributed by atoms with Crippen LogP contribution >= 0.6 is 27.3 Å². The first kappa shape index (κ1) is 14.1. The summed E-state index contributed by atoms with van der Waals surface area (Å²) >= 11 is 4.93. The molecule has 0 aliphatic carbocycles. The Morgan fingerprint density at radius 1 is 1.24 bits per heavy atom. The molecule has 3 nitrogen and oxygen atoms in total. The highest BCUT2D eigenvalue weighted by Crippen LogP contribution is 2.29. The van der Waals surface area contributed by atoms with Crippen molar-refractivity contribution in [1.82, 2.24) is 0 Å². The number of hydrogen-bond donors (Lipinski definition) is 2. The maximum atomic E-state index is 12.4. The van der Waals surface area contributed by atoms with E-state index in [1.54, 1.807) is 0 Å². The average molecular weight is 361 g/mol. The van der Waals surface area contributed by atoms with Gasteiger partial charge in [-0.1, -0.05) is 22.0 Å². The molecule has 0 aliphatic heterocycles. The second-order valence-corrected chi connectivity index (χ2v) is 6.71. The second-order valence-electron chi connectivity index (χ2n) is 4.77. The van der Waals surface area contributed by atoms with Crippen LogP contribution in [0.3, 0.4) is 0 Å². The predicted octanol–water partition coefficient (Wildman–Crippen LogP) is 4.81. The Morgan fingerprint density at radius 2 is 2.05 bits per heavy atom. The van der Waals surface area contributed by atoms with Gasteiger partial charge in [0.1, 0.15) is 0 Å². The van der Waals surface area contributed by atoms with Gasteiger partial charge in [0.2, 0.25) is 0 Å². The molecule has 0 saturated carbocycles. The molecule has 3 rings (SSSR count). The van der Waals surface area contributed by atoms with E-state index in [2.05, 4.69) is 21.2 Å². The van der Waals surface area contributed by atoms with Crippen molar-refractivity contribution in [1.29, 1.82) is 0 Å². The number of halogens is 1. The first-order valence-corrected chi connectivity index (χ1v) is 8.01. The number of benzene rings is 2. The van der Waals surface area contributed by atoms with Gasteiger partial charge in [0, 0.05) is 20.5 Å². The monoisotopic (exact) mass is 360 g/mol. The lowest BCUT2D eigenvalue weighted by atomic mass is 10.2. The van der Waals surface area contributed by atoms with Crippen LogP contribution in [0, 0.1) is 6.92 Å². The third-order valence-electron chi connectivity index (χ3n) is 3.28. The molecular formula is C16H13BrN2OS. The molecule has 0 unspecified atom stereocenters. The van der Waals surface area contributed by atoms with Crippen LogP contribution in [0.4, 0.5) is 11.4 Å². The Balaban J connectivity index is 1.91. The van der Waals surface area contributed by atoms with Crippen LogP contribution in [0.5, 0.6) is 0 Å². The number of nitrogens with one attached hydrogen (secondary N) is 1.